The lowest BCUT2D eigenvalue weighted by atomic mass is 9.95. The first kappa shape index (κ1) is 35.7. The van der Waals surface area contributed by atoms with E-state index in [1.165, 1.54) is 0 Å². The highest BCUT2D eigenvalue weighted by atomic mass is 35.5. The van der Waals surface area contributed by atoms with Crippen molar-refractivity contribution in [3.05, 3.63) is 64.8 Å². The van der Waals surface area contributed by atoms with Crippen LogP contribution in [0.4, 0.5) is 46.8 Å². The summed E-state index contributed by atoms with van der Waals surface area (Å²) in [6.45, 7) is 2.65. The number of aryl methyl sites for hydroxylation is 2. The molecule has 3 heterocycles. The Bertz CT molecular complexity index is 1650. The van der Waals surface area contributed by atoms with Gasteiger partial charge in [-0.15, -0.1) is 0 Å². The van der Waals surface area contributed by atoms with Crippen LogP contribution < -0.4 is 21.3 Å². The fraction of sp³-hybridized carbons (Fsp3) is 0.355. The Balaban J connectivity index is 0.000000671. The Morgan fingerprint density at radius 3 is 2.46 bits per heavy atom. The summed E-state index contributed by atoms with van der Waals surface area (Å²) in [5.41, 5.74) is 4.51. The standard InChI is InChI=1S/C29H32ClN7O4.C2HF3O2/c1-2-41-25(38)17-32-29(40)37-12-10-19(11-13-37)27(39)35-24-9-8-22-15-20(24)7-6-18-4-3-5-21(14-18)34-28-31-16-23(30)26(33-22)36-28;3-2(4,5)1(6)7/h3-5,8-9,14-16,19H,2,6-7,10-13,17H2,1H3,(H,32,40)(H,35,39)(H2,31,33,34,36);(H,6,7). The number of piperidine rings is 1. The van der Waals surface area contributed by atoms with E-state index >= 15 is 0 Å². The number of nitrogens with one attached hydrogen (secondary N) is 4. The molecule has 48 heavy (non-hydrogen) atoms. The summed E-state index contributed by atoms with van der Waals surface area (Å²) in [6, 6.07) is 13.5. The van der Waals surface area contributed by atoms with Crippen molar-refractivity contribution in [2.45, 2.75) is 38.8 Å². The van der Waals surface area contributed by atoms with Gasteiger partial charge in [0.1, 0.15) is 11.6 Å². The molecule has 2 aliphatic rings. The number of fused-ring (bicyclic) bond motifs is 6. The molecule has 2 aliphatic heterocycles. The van der Waals surface area contributed by atoms with Crippen LogP contribution in [0.1, 0.15) is 30.9 Å². The number of hydrogen-bond acceptors (Lipinski definition) is 9. The summed E-state index contributed by atoms with van der Waals surface area (Å²) in [7, 11) is 0. The number of hydrogen-bond donors (Lipinski definition) is 5. The molecule has 1 saturated heterocycles. The third-order valence-corrected chi connectivity index (χ3v) is 7.60. The SMILES string of the molecule is CCOC(=O)CNC(=O)N1CCC(C(=O)Nc2ccc3cc2CCc2cccc(c2)Nc2ncc(Cl)c(n2)N3)CC1.O=C(O)C(F)(F)F. The number of benzene rings is 2. The van der Waals surface area contributed by atoms with Gasteiger partial charge in [-0.3, -0.25) is 9.59 Å². The average molecular weight is 692 g/mol. The molecule has 1 aromatic heterocycles. The van der Waals surface area contributed by atoms with Gasteiger partial charge in [-0.05, 0) is 74.1 Å². The van der Waals surface area contributed by atoms with Crippen LogP contribution in [-0.4, -0.2) is 76.3 Å². The van der Waals surface area contributed by atoms with Crippen molar-refractivity contribution in [3.63, 3.8) is 0 Å². The van der Waals surface area contributed by atoms with Gasteiger partial charge in [-0.2, -0.15) is 18.2 Å². The van der Waals surface area contributed by atoms with E-state index in [0.717, 1.165) is 34.6 Å². The molecule has 5 rings (SSSR count). The molecule has 256 valence electrons. The second-order valence-corrected chi connectivity index (χ2v) is 11.1. The molecule has 1 fully saturated rings. The first-order valence-electron chi connectivity index (χ1n) is 14.9. The number of carbonyl (C=O) groups excluding carboxylic acids is 3. The smallest absolute Gasteiger partial charge is 0.475 e. The van der Waals surface area contributed by atoms with Crippen molar-refractivity contribution in [2.75, 3.05) is 42.2 Å². The Morgan fingerprint density at radius 2 is 1.77 bits per heavy atom. The minimum absolute atomic E-state index is 0.0776. The molecular weight excluding hydrogens is 659 g/mol. The summed E-state index contributed by atoms with van der Waals surface area (Å²) >= 11 is 6.37. The van der Waals surface area contributed by atoms with Crippen LogP contribution in [0, 0.1) is 5.92 Å². The zero-order valence-corrected chi connectivity index (χ0v) is 26.5. The summed E-state index contributed by atoms with van der Waals surface area (Å²) in [6.07, 6.45) is -1.01. The van der Waals surface area contributed by atoms with Crippen LogP contribution in [0.2, 0.25) is 5.02 Å². The predicted octanol–water partition coefficient (Wildman–Crippen LogP) is 5.27. The number of amides is 3. The van der Waals surface area contributed by atoms with Gasteiger partial charge >= 0.3 is 24.1 Å². The number of carbonyl (C=O) groups is 4. The number of carboxylic acids is 1. The van der Waals surface area contributed by atoms with Gasteiger partial charge < -0.3 is 36.0 Å². The van der Waals surface area contributed by atoms with E-state index in [2.05, 4.69) is 43.4 Å². The Labute approximate surface area is 278 Å². The highest BCUT2D eigenvalue weighted by Crippen LogP contribution is 2.30. The number of aliphatic carboxylic acids is 1. The molecule has 0 spiro atoms. The first-order chi connectivity index (χ1) is 22.8. The number of esters is 1. The van der Waals surface area contributed by atoms with E-state index < -0.39 is 18.1 Å². The number of halogens is 4. The highest BCUT2D eigenvalue weighted by Gasteiger charge is 2.38. The van der Waals surface area contributed by atoms with Crippen molar-refractivity contribution in [3.8, 4) is 0 Å². The maximum atomic E-state index is 13.3. The van der Waals surface area contributed by atoms with E-state index in [0.29, 0.717) is 49.1 Å². The fourth-order valence-corrected chi connectivity index (χ4v) is 5.05. The highest BCUT2D eigenvalue weighted by molar-refractivity contribution is 6.32. The Morgan fingerprint density at radius 1 is 1.06 bits per heavy atom. The molecule has 0 saturated carbocycles. The molecule has 13 nitrogen and oxygen atoms in total. The second-order valence-electron chi connectivity index (χ2n) is 10.7. The van der Waals surface area contributed by atoms with Gasteiger partial charge in [0.15, 0.2) is 5.82 Å². The van der Waals surface area contributed by atoms with Crippen molar-refractivity contribution >= 4 is 64.3 Å². The lowest BCUT2D eigenvalue weighted by Crippen LogP contribution is -2.47. The van der Waals surface area contributed by atoms with Gasteiger partial charge in [-0.25, -0.2) is 14.6 Å². The topological polar surface area (TPSA) is 175 Å². The minimum atomic E-state index is -5.08. The van der Waals surface area contributed by atoms with E-state index in [9.17, 15) is 27.6 Å². The van der Waals surface area contributed by atoms with Gasteiger partial charge in [-0.1, -0.05) is 23.7 Å². The molecule has 0 aliphatic carbocycles. The molecule has 17 heteroatoms. The minimum Gasteiger partial charge on any atom is -0.475 e. The monoisotopic (exact) mass is 691 g/mol. The van der Waals surface area contributed by atoms with Gasteiger partial charge in [0.05, 0.1) is 12.8 Å². The summed E-state index contributed by atoms with van der Waals surface area (Å²) < 4.78 is 36.6. The van der Waals surface area contributed by atoms with Gasteiger partial charge in [0.2, 0.25) is 11.9 Å². The molecule has 0 unspecified atom stereocenters. The van der Waals surface area contributed by atoms with E-state index in [1.54, 1.807) is 18.0 Å². The van der Waals surface area contributed by atoms with E-state index in [-0.39, 0.29) is 31.0 Å². The van der Waals surface area contributed by atoms with Crippen molar-refractivity contribution < 1.29 is 42.2 Å². The molecule has 0 atom stereocenters. The molecular formula is C31H33ClF3N7O6. The molecule has 3 aromatic rings. The normalized spacial score (nSPS) is 14.2. The van der Waals surface area contributed by atoms with Crippen LogP contribution in [0.15, 0.2) is 48.7 Å². The Hall–Kier alpha value is -5.12. The lowest BCUT2D eigenvalue weighted by Gasteiger charge is -2.31. The van der Waals surface area contributed by atoms with E-state index in [1.807, 2.05) is 30.3 Å². The van der Waals surface area contributed by atoms with Gasteiger partial charge in [0.25, 0.3) is 0 Å². The molecule has 3 amide bonds. The van der Waals surface area contributed by atoms with E-state index in [4.69, 9.17) is 26.2 Å². The molecule has 2 aromatic carbocycles. The van der Waals surface area contributed by atoms with Crippen LogP contribution in [0.3, 0.4) is 0 Å². The van der Waals surface area contributed by atoms with Crippen LogP contribution in [-0.2, 0) is 32.0 Å². The summed E-state index contributed by atoms with van der Waals surface area (Å²) in [5.74, 6) is -2.64. The fourth-order valence-electron chi connectivity index (χ4n) is 4.92. The maximum absolute atomic E-state index is 13.3. The molecule has 6 bridgehead atoms. The zero-order valence-electron chi connectivity index (χ0n) is 25.7. The molecule has 5 N–H and O–H groups in total. The van der Waals surface area contributed by atoms with Gasteiger partial charge in [0, 0.05) is 36.1 Å². The summed E-state index contributed by atoms with van der Waals surface area (Å²) in [5, 5.41) is 19.7. The number of rotatable bonds is 5. The van der Waals surface area contributed by atoms with Crippen molar-refractivity contribution in [1.29, 1.82) is 0 Å². The number of ether oxygens (including phenoxy) is 1. The van der Waals surface area contributed by atoms with Crippen molar-refractivity contribution in [1.82, 2.24) is 20.2 Å². The number of anilines is 5. The zero-order chi connectivity index (χ0) is 34.8. The molecule has 0 radical (unpaired) electrons. The third kappa shape index (κ3) is 10.2. The second kappa shape index (κ2) is 16.1. The van der Waals surface area contributed by atoms with Crippen LogP contribution >= 0.6 is 11.6 Å². The number of alkyl halides is 3. The predicted molar refractivity (Wildman–Crippen MR) is 171 cm³/mol. The number of urea groups is 1. The van der Waals surface area contributed by atoms with Crippen molar-refractivity contribution in [2.24, 2.45) is 5.92 Å². The number of nitrogens with zero attached hydrogens (tertiary/aromatic N) is 3. The average Bonchev–Trinajstić information content (AvgIpc) is 3.05. The number of likely N-dealkylation sites (tertiary alicyclic amines) is 1. The lowest BCUT2D eigenvalue weighted by molar-refractivity contribution is -0.192. The quantitative estimate of drug-likeness (QED) is 0.222. The number of aromatic nitrogens is 2. The largest absolute Gasteiger partial charge is 0.490 e. The maximum Gasteiger partial charge on any atom is 0.490 e. The Kier molecular flexibility index (Phi) is 12.0. The van der Waals surface area contributed by atoms with Crippen LogP contribution in [0.25, 0.3) is 0 Å². The number of carboxylic acid groups (broad SMARTS) is 1. The summed E-state index contributed by atoms with van der Waals surface area (Å²) in [4.78, 5) is 56.5. The van der Waals surface area contributed by atoms with Crippen LogP contribution in [0.5, 0.6) is 0 Å². The first-order valence-corrected chi connectivity index (χ1v) is 15.3. The third-order valence-electron chi connectivity index (χ3n) is 7.32.